The number of nitro groups is 1. The number of nitro benzene ring substituents is 1. The molecule has 0 saturated carbocycles. The summed E-state index contributed by atoms with van der Waals surface area (Å²) >= 11 is 0. The Kier molecular flexibility index (Phi) is 3.29. The van der Waals surface area contributed by atoms with Gasteiger partial charge in [-0.25, -0.2) is 4.90 Å². The molecular weight excluding hydrogens is 344 g/mol. The number of fused-ring (bicyclic) bond motifs is 5. The number of hydrogen-bond acceptors (Lipinski definition) is 7. The number of esters is 1. The van der Waals surface area contributed by atoms with Crippen LogP contribution in [0.25, 0.3) is 0 Å². The number of carbonyl (C=O) groups excluding carboxylic acids is 3. The number of ether oxygens (including phenoxy) is 2. The van der Waals surface area contributed by atoms with Gasteiger partial charge in [-0.05, 0) is 19.1 Å². The molecule has 2 amide bonds. The SMILES string of the molecule is CC(=O)Oc1ccc(N2C(=O)[C@@H]3[C@@H](C2=O)[C@@]2(C)C=C[C@H]3O2)cc1[N+](=O)[O-]. The molecule has 2 fully saturated rings. The molecule has 0 unspecified atom stereocenters. The number of benzene rings is 1. The highest BCUT2D eigenvalue weighted by Gasteiger charge is 2.66. The minimum atomic E-state index is -0.847. The van der Waals surface area contributed by atoms with E-state index in [1.54, 1.807) is 19.1 Å². The first-order chi connectivity index (χ1) is 12.2. The van der Waals surface area contributed by atoms with E-state index in [4.69, 9.17) is 9.47 Å². The third-order valence-corrected chi connectivity index (χ3v) is 4.98. The predicted octanol–water partition coefficient (Wildman–Crippen LogP) is 1.35. The maximum Gasteiger partial charge on any atom is 0.313 e. The molecule has 4 rings (SSSR count). The molecule has 1 aromatic carbocycles. The second-order valence-electron chi connectivity index (χ2n) is 6.64. The molecule has 0 aliphatic carbocycles. The van der Waals surface area contributed by atoms with E-state index in [1.165, 1.54) is 12.1 Å². The molecule has 2 bridgehead atoms. The van der Waals surface area contributed by atoms with Gasteiger partial charge in [0.25, 0.3) is 0 Å². The van der Waals surface area contributed by atoms with E-state index >= 15 is 0 Å². The van der Waals surface area contributed by atoms with Crippen LogP contribution < -0.4 is 9.64 Å². The number of amides is 2. The number of nitrogens with zero attached hydrogens (tertiary/aromatic N) is 2. The molecule has 26 heavy (non-hydrogen) atoms. The summed E-state index contributed by atoms with van der Waals surface area (Å²) in [5, 5.41) is 11.3. The monoisotopic (exact) mass is 358 g/mol. The summed E-state index contributed by atoms with van der Waals surface area (Å²) in [7, 11) is 0. The van der Waals surface area contributed by atoms with Crippen LogP contribution in [-0.2, 0) is 19.1 Å². The van der Waals surface area contributed by atoms with E-state index in [0.717, 1.165) is 17.9 Å². The molecular formula is C17H14N2O7. The van der Waals surface area contributed by atoms with Gasteiger partial charge < -0.3 is 9.47 Å². The standard InChI is InChI=1S/C17H14N2O7/c1-8(20)25-11-4-3-9(7-10(11)19(23)24)18-15(21)13-12-5-6-17(2,26-12)14(13)16(18)22/h3-7,12-14H,1-2H3/t12-,13+,14+,17-/m1/s1. The molecule has 0 spiro atoms. The predicted molar refractivity (Wildman–Crippen MR) is 86.3 cm³/mol. The average Bonchev–Trinajstić information content (AvgIpc) is 3.16. The molecule has 1 aromatic rings. The summed E-state index contributed by atoms with van der Waals surface area (Å²) in [5.74, 6) is -3.16. The lowest BCUT2D eigenvalue weighted by Crippen LogP contribution is -2.38. The fraction of sp³-hybridized carbons (Fsp3) is 0.353. The summed E-state index contributed by atoms with van der Waals surface area (Å²) in [6, 6.07) is 3.61. The van der Waals surface area contributed by atoms with Crippen molar-refractivity contribution in [3.05, 3.63) is 40.5 Å². The van der Waals surface area contributed by atoms with Crippen LogP contribution in [0.2, 0.25) is 0 Å². The molecule has 2 saturated heterocycles. The van der Waals surface area contributed by atoms with Crippen LogP contribution in [0.4, 0.5) is 11.4 Å². The summed E-state index contributed by atoms with van der Waals surface area (Å²) in [6.45, 7) is 2.87. The van der Waals surface area contributed by atoms with Crippen LogP contribution in [0.5, 0.6) is 5.75 Å². The second kappa shape index (κ2) is 5.21. The normalized spacial score (nSPS) is 31.5. The molecule has 3 heterocycles. The van der Waals surface area contributed by atoms with Crippen molar-refractivity contribution in [3.63, 3.8) is 0 Å². The van der Waals surface area contributed by atoms with Crippen molar-refractivity contribution in [2.75, 3.05) is 4.90 Å². The molecule has 3 aliphatic heterocycles. The van der Waals surface area contributed by atoms with Crippen LogP contribution in [0.3, 0.4) is 0 Å². The largest absolute Gasteiger partial charge is 0.419 e. The van der Waals surface area contributed by atoms with Gasteiger partial charge in [-0.1, -0.05) is 12.2 Å². The minimum absolute atomic E-state index is 0.0694. The van der Waals surface area contributed by atoms with Gasteiger partial charge in [0, 0.05) is 13.0 Å². The lowest BCUT2D eigenvalue weighted by Gasteiger charge is -2.24. The molecule has 3 aliphatic rings. The van der Waals surface area contributed by atoms with Crippen molar-refractivity contribution in [1.82, 2.24) is 0 Å². The zero-order chi connectivity index (χ0) is 18.8. The van der Waals surface area contributed by atoms with Gasteiger partial charge in [-0.3, -0.25) is 24.5 Å². The van der Waals surface area contributed by atoms with Crippen molar-refractivity contribution in [2.45, 2.75) is 25.6 Å². The summed E-state index contributed by atoms with van der Waals surface area (Å²) in [4.78, 5) is 48.3. The fourth-order valence-corrected chi connectivity index (χ4v) is 3.94. The van der Waals surface area contributed by atoms with E-state index < -0.39 is 51.9 Å². The Morgan fingerprint density at radius 1 is 1.35 bits per heavy atom. The average molecular weight is 358 g/mol. The van der Waals surface area contributed by atoms with Crippen LogP contribution in [0.15, 0.2) is 30.4 Å². The Bertz CT molecular complexity index is 908. The molecule has 4 atom stereocenters. The van der Waals surface area contributed by atoms with E-state index in [0.29, 0.717) is 0 Å². The first kappa shape index (κ1) is 16.4. The van der Waals surface area contributed by atoms with Crippen molar-refractivity contribution in [3.8, 4) is 5.75 Å². The van der Waals surface area contributed by atoms with Gasteiger partial charge in [0.2, 0.25) is 17.6 Å². The van der Waals surface area contributed by atoms with Crippen LogP contribution >= 0.6 is 0 Å². The maximum absolute atomic E-state index is 12.9. The number of carbonyl (C=O) groups is 3. The third kappa shape index (κ3) is 2.10. The number of rotatable bonds is 3. The van der Waals surface area contributed by atoms with Crippen LogP contribution in [0.1, 0.15) is 13.8 Å². The number of hydrogen-bond donors (Lipinski definition) is 0. The van der Waals surface area contributed by atoms with Crippen molar-refractivity contribution < 1.29 is 28.8 Å². The van der Waals surface area contributed by atoms with E-state index in [-0.39, 0.29) is 11.4 Å². The zero-order valence-corrected chi connectivity index (χ0v) is 13.9. The first-order valence-corrected chi connectivity index (χ1v) is 7.95. The Labute approximate surface area is 147 Å². The molecule has 0 N–H and O–H groups in total. The van der Waals surface area contributed by atoms with Crippen molar-refractivity contribution in [2.24, 2.45) is 11.8 Å². The number of imide groups is 1. The molecule has 0 radical (unpaired) electrons. The quantitative estimate of drug-likeness (QED) is 0.200. The maximum atomic E-state index is 12.9. The molecule has 134 valence electrons. The van der Waals surface area contributed by atoms with Crippen LogP contribution in [-0.4, -0.2) is 34.4 Å². The van der Waals surface area contributed by atoms with Gasteiger partial charge >= 0.3 is 11.7 Å². The Hall–Kier alpha value is -3.07. The van der Waals surface area contributed by atoms with Gasteiger partial charge in [-0.2, -0.15) is 0 Å². The summed E-state index contributed by atoms with van der Waals surface area (Å²) < 4.78 is 10.5. The Balaban J connectivity index is 1.74. The Morgan fingerprint density at radius 3 is 2.69 bits per heavy atom. The first-order valence-electron chi connectivity index (χ1n) is 7.95. The highest BCUT2D eigenvalue weighted by atomic mass is 16.6. The Morgan fingerprint density at radius 2 is 2.08 bits per heavy atom. The highest BCUT2D eigenvalue weighted by molar-refractivity contribution is 6.23. The van der Waals surface area contributed by atoms with Gasteiger partial charge in [0.05, 0.1) is 34.2 Å². The lowest BCUT2D eigenvalue weighted by atomic mass is 9.78. The number of anilines is 1. The minimum Gasteiger partial charge on any atom is -0.419 e. The molecule has 9 heteroatoms. The van der Waals surface area contributed by atoms with Gasteiger partial charge in [-0.15, -0.1) is 0 Å². The highest BCUT2D eigenvalue weighted by Crippen LogP contribution is 2.52. The van der Waals surface area contributed by atoms with E-state index in [2.05, 4.69) is 0 Å². The van der Waals surface area contributed by atoms with Gasteiger partial charge in [0.1, 0.15) is 0 Å². The summed E-state index contributed by atoms with van der Waals surface area (Å²) in [6.07, 6.45) is 3.07. The third-order valence-electron chi connectivity index (χ3n) is 4.98. The molecule has 0 aromatic heterocycles. The van der Waals surface area contributed by atoms with Crippen LogP contribution in [0, 0.1) is 22.0 Å². The van der Waals surface area contributed by atoms with E-state index in [1.807, 2.05) is 0 Å². The fourth-order valence-electron chi connectivity index (χ4n) is 3.94. The van der Waals surface area contributed by atoms with Gasteiger partial charge in [0.15, 0.2) is 0 Å². The van der Waals surface area contributed by atoms with Crippen molar-refractivity contribution in [1.29, 1.82) is 0 Å². The van der Waals surface area contributed by atoms with E-state index in [9.17, 15) is 24.5 Å². The van der Waals surface area contributed by atoms with Crippen molar-refractivity contribution >= 4 is 29.2 Å². The lowest BCUT2D eigenvalue weighted by molar-refractivity contribution is -0.385. The zero-order valence-electron chi connectivity index (χ0n) is 13.9. The smallest absolute Gasteiger partial charge is 0.313 e. The second-order valence-corrected chi connectivity index (χ2v) is 6.64. The summed E-state index contributed by atoms with van der Waals surface area (Å²) in [5.41, 5.74) is -1.28. The topological polar surface area (TPSA) is 116 Å². The molecule has 9 nitrogen and oxygen atoms in total.